The summed E-state index contributed by atoms with van der Waals surface area (Å²) < 4.78 is 50.6. The Morgan fingerprint density at radius 2 is 1.24 bits per heavy atom. The molecule has 46 heavy (non-hydrogen) atoms. The van der Waals surface area contributed by atoms with Gasteiger partial charge < -0.3 is 24.8 Å². The molecule has 0 atom stereocenters. The molecule has 0 spiro atoms. The molecule has 0 unspecified atom stereocenters. The molecule has 0 bridgehead atoms. The largest absolute Gasteiger partial charge is 0.491 e. The molecule has 4 rings (SSSR count). The second-order valence-electron chi connectivity index (χ2n) is 10.3. The van der Waals surface area contributed by atoms with Gasteiger partial charge in [0.15, 0.2) is 0 Å². The number of rotatable bonds is 12. The van der Waals surface area contributed by atoms with Gasteiger partial charge in [0, 0.05) is 41.6 Å². The molecule has 0 radical (unpaired) electrons. The maximum absolute atomic E-state index is 13.4. The van der Waals surface area contributed by atoms with Gasteiger partial charge in [0.2, 0.25) is 10.3 Å². The van der Waals surface area contributed by atoms with E-state index in [1.54, 1.807) is 0 Å². The molecule has 4 N–H and O–H groups in total. The lowest BCUT2D eigenvalue weighted by atomic mass is 10.2. The molecule has 13 nitrogen and oxygen atoms in total. The van der Waals surface area contributed by atoms with Crippen molar-refractivity contribution >= 4 is 56.8 Å². The van der Waals surface area contributed by atoms with Crippen LogP contribution in [0.3, 0.4) is 0 Å². The number of aromatic nitrogens is 4. The minimum absolute atomic E-state index is 0.174. The zero-order chi connectivity index (χ0) is 33.6. The lowest BCUT2D eigenvalue weighted by Gasteiger charge is -2.14. The molecule has 4 aromatic rings. The van der Waals surface area contributed by atoms with Gasteiger partial charge in [-0.15, -0.1) is 4.37 Å². The number of nitrogens with one attached hydrogen (secondary N) is 4. The predicted octanol–water partition coefficient (Wildman–Crippen LogP) is 7.28. The van der Waals surface area contributed by atoms with Crippen LogP contribution >= 0.6 is 23.1 Å². The number of amides is 4. The molecule has 0 aliphatic heterocycles. The fourth-order valence-corrected chi connectivity index (χ4v) is 4.43. The van der Waals surface area contributed by atoms with E-state index >= 15 is 0 Å². The quantitative estimate of drug-likeness (QED) is 0.121. The molecule has 2 heterocycles. The Labute approximate surface area is 273 Å². The van der Waals surface area contributed by atoms with E-state index in [0.717, 1.165) is 23.1 Å². The van der Waals surface area contributed by atoms with Crippen LogP contribution in [0.4, 0.5) is 40.0 Å². The number of urea groups is 2. The first kappa shape index (κ1) is 35.8. The number of halogens is 2. The van der Waals surface area contributed by atoms with Crippen LogP contribution in [-0.2, 0) is 6.42 Å². The Balaban J connectivity index is 0.000000250. The number of ether oxygens (including phenoxy) is 3. The third-order valence-corrected chi connectivity index (χ3v) is 6.63. The molecule has 17 heteroatoms. The van der Waals surface area contributed by atoms with Crippen molar-refractivity contribution in [2.45, 2.75) is 41.0 Å². The third-order valence-electron chi connectivity index (χ3n) is 5.34. The van der Waals surface area contributed by atoms with Crippen LogP contribution in [0.15, 0.2) is 36.4 Å². The normalized spacial score (nSPS) is 10.6. The number of carbonyl (C=O) groups excluding carboxylic acids is 2. The molecular weight excluding hydrogens is 643 g/mol. The monoisotopic (exact) mass is 678 g/mol. The first-order chi connectivity index (χ1) is 21.9. The summed E-state index contributed by atoms with van der Waals surface area (Å²) in [6, 6.07) is 7.03. The van der Waals surface area contributed by atoms with E-state index in [1.165, 1.54) is 43.5 Å². The molecule has 2 aromatic carbocycles. The Morgan fingerprint density at radius 1 is 0.761 bits per heavy atom. The second kappa shape index (κ2) is 17.7. The number of benzene rings is 2. The summed E-state index contributed by atoms with van der Waals surface area (Å²) in [7, 11) is 1.43. The minimum Gasteiger partial charge on any atom is -0.491 e. The Bertz CT molecular complexity index is 1470. The van der Waals surface area contributed by atoms with Crippen LogP contribution in [-0.4, -0.2) is 51.1 Å². The van der Waals surface area contributed by atoms with Gasteiger partial charge in [-0.05, 0) is 36.1 Å². The van der Waals surface area contributed by atoms with Gasteiger partial charge in [-0.1, -0.05) is 34.6 Å². The van der Waals surface area contributed by atoms with E-state index in [1.807, 2.05) is 34.6 Å². The summed E-state index contributed by atoms with van der Waals surface area (Å²) in [6.07, 6.45) is 0.699. The average molecular weight is 679 g/mol. The molecule has 2 aromatic heterocycles. The van der Waals surface area contributed by atoms with Gasteiger partial charge in [0.1, 0.15) is 29.0 Å². The third kappa shape index (κ3) is 12.0. The van der Waals surface area contributed by atoms with E-state index in [-0.39, 0.29) is 28.7 Å². The highest BCUT2D eigenvalue weighted by Gasteiger charge is 2.14. The Hall–Kier alpha value is -4.64. The summed E-state index contributed by atoms with van der Waals surface area (Å²) in [5, 5.41) is 11.0. The SMILES string of the molecule is CCc1nsc(NC(=O)Nc2ccc(F)cc2OCC(C)C)n1.COc1nsc(NC(=O)Nc2ccc(F)cc2OCC(C)C)n1. The van der Waals surface area contributed by atoms with E-state index < -0.39 is 23.7 Å². The molecule has 248 valence electrons. The highest BCUT2D eigenvalue weighted by Crippen LogP contribution is 2.28. The van der Waals surface area contributed by atoms with Crippen molar-refractivity contribution in [3.63, 3.8) is 0 Å². The second-order valence-corrected chi connectivity index (χ2v) is 11.8. The Morgan fingerprint density at radius 3 is 1.65 bits per heavy atom. The standard InChI is InChI=1S/C15H19FN4O2S.C14H17FN4O3S/c1-4-13-18-15(23-20-13)19-14(21)17-11-6-5-10(16)7-12(11)22-8-9(2)3;1-8(2)7-22-11-6-9(15)4-5-10(11)16-12(20)17-14-18-13(21-3)19-23-14/h5-7,9H,4,8H2,1-3H3,(H2,17,18,19,20,21);4-6,8H,7H2,1-3H3,(H2,16,17,18,19,20). The molecule has 0 fully saturated rings. The summed E-state index contributed by atoms with van der Waals surface area (Å²) in [5.41, 5.74) is 0.755. The highest BCUT2D eigenvalue weighted by molar-refractivity contribution is 7.10. The lowest BCUT2D eigenvalue weighted by molar-refractivity contribution is 0.260. The van der Waals surface area contributed by atoms with Gasteiger partial charge in [-0.3, -0.25) is 10.6 Å². The maximum atomic E-state index is 13.4. The number of methoxy groups -OCH3 is 1. The van der Waals surface area contributed by atoms with Gasteiger partial charge >= 0.3 is 18.1 Å². The van der Waals surface area contributed by atoms with Crippen molar-refractivity contribution in [2.24, 2.45) is 11.8 Å². The smallest absolute Gasteiger partial charge is 0.329 e. The number of carbonyl (C=O) groups is 2. The number of nitrogens with zero attached hydrogens (tertiary/aromatic N) is 4. The van der Waals surface area contributed by atoms with Crippen LogP contribution < -0.4 is 35.5 Å². The fraction of sp³-hybridized carbons (Fsp3) is 0.379. The number of anilines is 4. The van der Waals surface area contributed by atoms with Gasteiger partial charge in [0.25, 0.3) is 0 Å². The van der Waals surface area contributed by atoms with Crippen LogP contribution in [0.25, 0.3) is 0 Å². The van der Waals surface area contributed by atoms with E-state index in [2.05, 4.69) is 40.0 Å². The van der Waals surface area contributed by atoms with Crippen molar-refractivity contribution in [1.29, 1.82) is 0 Å². The highest BCUT2D eigenvalue weighted by atomic mass is 32.1. The van der Waals surface area contributed by atoms with Crippen LogP contribution in [0.1, 0.15) is 40.4 Å². The number of hydrogen-bond donors (Lipinski definition) is 4. The van der Waals surface area contributed by atoms with Gasteiger partial charge in [-0.2, -0.15) is 9.36 Å². The van der Waals surface area contributed by atoms with Crippen molar-refractivity contribution in [3.05, 3.63) is 53.9 Å². The molecule has 0 saturated heterocycles. The predicted molar refractivity (Wildman–Crippen MR) is 174 cm³/mol. The van der Waals surface area contributed by atoms with E-state index in [9.17, 15) is 18.4 Å². The van der Waals surface area contributed by atoms with E-state index in [0.29, 0.717) is 47.7 Å². The van der Waals surface area contributed by atoms with Crippen LogP contribution in [0, 0.1) is 23.5 Å². The summed E-state index contributed by atoms with van der Waals surface area (Å²) in [4.78, 5) is 32.1. The van der Waals surface area contributed by atoms with Crippen molar-refractivity contribution in [1.82, 2.24) is 18.7 Å². The lowest BCUT2D eigenvalue weighted by Crippen LogP contribution is -2.20. The summed E-state index contributed by atoms with van der Waals surface area (Å²) in [6.45, 7) is 10.7. The molecular formula is C29H36F2N8O5S2. The molecule has 4 amide bonds. The van der Waals surface area contributed by atoms with Crippen molar-refractivity contribution < 1.29 is 32.6 Å². The first-order valence-electron chi connectivity index (χ1n) is 14.2. The first-order valence-corrected chi connectivity index (χ1v) is 15.7. The summed E-state index contributed by atoms with van der Waals surface area (Å²) in [5.74, 6) is 0.926. The van der Waals surface area contributed by atoms with Gasteiger partial charge in [0.05, 0.1) is 31.7 Å². The summed E-state index contributed by atoms with van der Waals surface area (Å²) >= 11 is 2.09. The molecule has 0 saturated carbocycles. The zero-order valence-corrected chi connectivity index (χ0v) is 27.8. The Kier molecular flexibility index (Phi) is 13.8. The van der Waals surface area contributed by atoms with E-state index in [4.69, 9.17) is 14.2 Å². The topological polar surface area (TPSA) is 162 Å². The van der Waals surface area contributed by atoms with Crippen LogP contribution in [0.5, 0.6) is 17.5 Å². The van der Waals surface area contributed by atoms with Crippen LogP contribution in [0.2, 0.25) is 0 Å². The number of hydrogen-bond acceptors (Lipinski definition) is 11. The minimum atomic E-state index is -0.537. The maximum Gasteiger partial charge on any atom is 0.329 e. The van der Waals surface area contributed by atoms with Gasteiger partial charge in [-0.25, -0.2) is 23.4 Å². The van der Waals surface area contributed by atoms with Crippen molar-refractivity contribution in [3.8, 4) is 17.5 Å². The average Bonchev–Trinajstić information content (AvgIpc) is 3.66. The number of aryl methyl sites for hydroxylation is 1. The molecule has 0 aliphatic rings. The van der Waals surface area contributed by atoms with Crippen molar-refractivity contribution in [2.75, 3.05) is 41.6 Å². The molecule has 0 aliphatic carbocycles. The zero-order valence-electron chi connectivity index (χ0n) is 26.1. The fourth-order valence-electron chi connectivity index (χ4n) is 3.24.